The van der Waals surface area contributed by atoms with E-state index in [1.165, 1.54) is 11.1 Å². The van der Waals surface area contributed by atoms with Gasteiger partial charge in [-0.15, -0.1) is 0 Å². The maximum Gasteiger partial charge on any atom is 0.122 e. The van der Waals surface area contributed by atoms with E-state index in [1.807, 2.05) is 44.2 Å². The van der Waals surface area contributed by atoms with Gasteiger partial charge in [-0.3, -0.25) is 0 Å². The van der Waals surface area contributed by atoms with Crippen molar-refractivity contribution in [1.29, 1.82) is 0 Å². The molecule has 0 N–H and O–H groups in total. The van der Waals surface area contributed by atoms with Gasteiger partial charge in [-0.05, 0) is 23.3 Å². The third kappa shape index (κ3) is 3.36. The number of hydrogen-bond donors (Lipinski definition) is 0. The Bertz CT molecular complexity index is 395. The Morgan fingerprint density at radius 1 is 0.750 bits per heavy atom. The summed E-state index contributed by atoms with van der Waals surface area (Å²) in [6, 6.07) is 18.3. The van der Waals surface area contributed by atoms with Crippen LogP contribution in [-0.4, -0.2) is 0 Å². The van der Waals surface area contributed by atoms with Crippen LogP contribution in [0.5, 0.6) is 5.75 Å². The fourth-order valence-electron chi connectivity index (χ4n) is 1.36. The highest BCUT2D eigenvalue weighted by atomic mass is 31.0. The van der Waals surface area contributed by atoms with Gasteiger partial charge in [0.15, 0.2) is 0 Å². The van der Waals surface area contributed by atoms with Crippen LogP contribution in [0.1, 0.15) is 13.8 Å². The van der Waals surface area contributed by atoms with Gasteiger partial charge in [0.2, 0.25) is 0 Å². The van der Waals surface area contributed by atoms with Gasteiger partial charge in [0.1, 0.15) is 5.75 Å². The van der Waals surface area contributed by atoms with Crippen LogP contribution < -0.4 is 4.52 Å². The second-order valence-corrected chi connectivity index (χ2v) is 3.24. The normalized spacial score (nSPS) is 8.94. The molecule has 0 aliphatic carbocycles. The molecule has 0 saturated carbocycles. The number of benzene rings is 2. The largest absolute Gasteiger partial charge is 0.480 e. The lowest BCUT2D eigenvalue weighted by Gasteiger charge is -2.02. The number of rotatable bonds is 2. The molecule has 1 nitrogen and oxygen atoms in total. The monoisotopic (exact) mass is 232 g/mol. The average Bonchev–Trinajstić information content (AvgIpc) is 2.42. The summed E-state index contributed by atoms with van der Waals surface area (Å²) in [5, 5.41) is 0. The van der Waals surface area contributed by atoms with Crippen LogP contribution in [0, 0.1) is 0 Å². The molecular formula is C14H17OP. The Labute approximate surface area is 99.8 Å². The Balaban J connectivity index is 0.000000606. The highest BCUT2D eigenvalue weighted by Gasteiger charge is 1.95. The van der Waals surface area contributed by atoms with Crippen LogP contribution in [0.2, 0.25) is 0 Å². The Hall–Kier alpha value is -1.33. The van der Waals surface area contributed by atoms with E-state index in [-0.39, 0.29) is 0 Å². The standard InChI is InChI=1S/C12H11OP.C2H6/c14-13-12-8-6-11(7-9-12)10-4-2-1-3-5-10;1-2/h1-9H,14H2;1-2H3. The predicted molar refractivity (Wildman–Crippen MR) is 73.6 cm³/mol. The summed E-state index contributed by atoms with van der Waals surface area (Å²) in [4.78, 5) is 0. The molecule has 1 unspecified atom stereocenters. The van der Waals surface area contributed by atoms with Crippen LogP contribution in [-0.2, 0) is 0 Å². The lowest BCUT2D eigenvalue weighted by Crippen LogP contribution is -1.77. The van der Waals surface area contributed by atoms with Gasteiger partial charge in [0.05, 0.1) is 9.47 Å². The molecule has 2 rings (SSSR count). The Kier molecular flexibility index (Phi) is 5.60. The summed E-state index contributed by atoms with van der Waals surface area (Å²) in [5.41, 5.74) is 2.43. The molecule has 0 fully saturated rings. The van der Waals surface area contributed by atoms with E-state index >= 15 is 0 Å². The molecule has 1 atom stereocenters. The number of hydrogen-bond acceptors (Lipinski definition) is 1. The molecule has 0 saturated heterocycles. The van der Waals surface area contributed by atoms with Crippen molar-refractivity contribution in [2.24, 2.45) is 0 Å². The molecule has 0 amide bonds. The second-order valence-electron chi connectivity index (χ2n) is 3.01. The summed E-state index contributed by atoms with van der Waals surface area (Å²) in [5.74, 6) is 0.856. The maximum absolute atomic E-state index is 5.02. The molecular weight excluding hydrogens is 215 g/mol. The van der Waals surface area contributed by atoms with E-state index in [0.717, 1.165) is 5.75 Å². The SMILES string of the molecule is CC.POc1ccc(-c2ccccc2)cc1. The first-order chi connectivity index (χ1) is 7.90. The van der Waals surface area contributed by atoms with Crippen molar-refractivity contribution in [3.8, 4) is 16.9 Å². The minimum atomic E-state index is 0.856. The Morgan fingerprint density at radius 3 is 1.75 bits per heavy atom. The summed E-state index contributed by atoms with van der Waals surface area (Å²) < 4.78 is 5.02. The van der Waals surface area contributed by atoms with Crippen molar-refractivity contribution in [3.63, 3.8) is 0 Å². The first-order valence-electron chi connectivity index (χ1n) is 5.42. The molecule has 16 heavy (non-hydrogen) atoms. The summed E-state index contributed by atoms with van der Waals surface area (Å²) in [7, 11) is 2.24. The van der Waals surface area contributed by atoms with Gasteiger partial charge in [0, 0.05) is 0 Å². The minimum Gasteiger partial charge on any atom is -0.480 e. The first-order valence-corrected chi connectivity index (χ1v) is 5.89. The van der Waals surface area contributed by atoms with Gasteiger partial charge < -0.3 is 4.52 Å². The van der Waals surface area contributed by atoms with Crippen LogP contribution in [0.15, 0.2) is 54.6 Å². The molecule has 0 heterocycles. The van der Waals surface area contributed by atoms with E-state index in [0.29, 0.717) is 0 Å². The molecule has 2 heteroatoms. The summed E-state index contributed by atoms with van der Waals surface area (Å²) in [6.45, 7) is 4.00. The quantitative estimate of drug-likeness (QED) is 0.690. The van der Waals surface area contributed by atoms with Crippen LogP contribution in [0.4, 0.5) is 0 Å². The third-order valence-corrected chi connectivity index (χ3v) is 2.37. The zero-order valence-corrected chi connectivity index (χ0v) is 10.8. The van der Waals surface area contributed by atoms with Gasteiger partial charge in [-0.2, -0.15) is 0 Å². The molecule has 0 aliphatic rings. The molecule has 0 spiro atoms. The zero-order valence-electron chi connectivity index (χ0n) is 9.68. The highest BCUT2D eigenvalue weighted by Crippen LogP contribution is 2.22. The van der Waals surface area contributed by atoms with Crippen molar-refractivity contribution >= 4 is 9.47 Å². The minimum absolute atomic E-state index is 0.856. The van der Waals surface area contributed by atoms with E-state index in [2.05, 4.69) is 33.7 Å². The van der Waals surface area contributed by atoms with Gasteiger partial charge in [-0.1, -0.05) is 56.3 Å². The maximum atomic E-state index is 5.02. The molecule has 2 aromatic carbocycles. The zero-order chi connectivity index (χ0) is 11.8. The van der Waals surface area contributed by atoms with Crippen molar-refractivity contribution in [3.05, 3.63) is 54.6 Å². The van der Waals surface area contributed by atoms with Gasteiger partial charge in [0.25, 0.3) is 0 Å². The van der Waals surface area contributed by atoms with Crippen molar-refractivity contribution in [2.75, 3.05) is 0 Å². The van der Waals surface area contributed by atoms with Crippen molar-refractivity contribution in [2.45, 2.75) is 13.8 Å². The van der Waals surface area contributed by atoms with Gasteiger partial charge >= 0.3 is 0 Å². The Morgan fingerprint density at radius 2 is 1.25 bits per heavy atom. The summed E-state index contributed by atoms with van der Waals surface area (Å²) >= 11 is 0. The van der Waals surface area contributed by atoms with E-state index in [1.54, 1.807) is 0 Å². The van der Waals surface area contributed by atoms with Crippen LogP contribution in [0.25, 0.3) is 11.1 Å². The lowest BCUT2D eigenvalue weighted by atomic mass is 10.1. The fraction of sp³-hybridized carbons (Fsp3) is 0.143. The van der Waals surface area contributed by atoms with Crippen LogP contribution >= 0.6 is 9.47 Å². The molecule has 84 valence electrons. The van der Waals surface area contributed by atoms with Crippen molar-refractivity contribution in [1.82, 2.24) is 0 Å². The molecule has 2 aromatic rings. The highest BCUT2D eigenvalue weighted by molar-refractivity contribution is 7.10. The molecule has 0 aromatic heterocycles. The smallest absolute Gasteiger partial charge is 0.122 e. The van der Waals surface area contributed by atoms with E-state index in [9.17, 15) is 0 Å². The molecule has 0 aliphatic heterocycles. The third-order valence-electron chi connectivity index (χ3n) is 2.10. The fourth-order valence-corrected chi connectivity index (χ4v) is 1.51. The van der Waals surface area contributed by atoms with Gasteiger partial charge in [-0.25, -0.2) is 0 Å². The topological polar surface area (TPSA) is 9.23 Å². The van der Waals surface area contributed by atoms with Crippen molar-refractivity contribution < 1.29 is 4.52 Å². The second kappa shape index (κ2) is 7.03. The first kappa shape index (κ1) is 12.7. The predicted octanol–water partition coefficient (Wildman–Crippen LogP) is 4.55. The van der Waals surface area contributed by atoms with E-state index < -0.39 is 0 Å². The molecule has 0 radical (unpaired) electrons. The summed E-state index contributed by atoms with van der Waals surface area (Å²) in [6.07, 6.45) is 0. The lowest BCUT2D eigenvalue weighted by molar-refractivity contribution is 0.646. The van der Waals surface area contributed by atoms with Crippen LogP contribution in [0.3, 0.4) is 0 Å². The van der Waals surface area contributed by atoms with E-state index in [4.69, 9.17) is 4.52 Å². The average molecular weight is 232 g/mol. The molecule has 0 bridgehead atoms.